The van der Waals surface area contributed by atoms with Crippen LogP contribution in [0.25, 0.3) is 0 Å². The fourth-order valence-electron chi connectivity index (χ4n) is 2.87. The molecule has 0 fully saturated rings. The molecule has 0 saturated heterocycles. The maximum Gasteiger partial charge on any atom is 0.191 e. The second-order valence-corrected chi connectivity index (χ2v) is 6.34. The van der Waals surface area contributed by atoms with Gasteiger partial charge in [0.15, 0.2) is 5.96 Å². The van der Waals surface area contributed by atoms with Gasteiger partial charge in [0.1, 0.15) is 29.8 Å². The summed E-state index contributed by atoms with van der Waals surface area (Å²) < 4.78 is 20.7. The van der Waals surface area contributed by atoms with Gasteiger partial charge in [0.2, 0.25) is 0 Å². The van der Waals surface area contributed by atoms with Crippen LogP contribution in [0.3, 0.4) is 0 Å². The van der Waals surface area contributed by atoms with Gasteiger partial charge in [0, 0.05) is 19.0 Å². The van der Waals surface area contributed by atoms with Gasteiger partial charge in [-0.15, -0.1) is 0 Å². The van der Waals surface area contributed by atoms with Crippen molar-refractivity contribution in [3.63, 3.8) is 0 Å². The average Bonchev–Trinajstić information content (AvgIpc) is 3.10. The maximum atomic E-state index is 13.0. The van der Waals surface area contributed by atoms with Crippen molar-refractivity contribution in [2.75, 3.05) is 13.1 Å². The van der Waals surface area contributed by atoms with Gasteiger partial charge in [-0.25, -0.2) is 19.0 Å². The molecule has 140 valence electrons. The molecule has 1 aromatic heterocycles. The van der Waals surface area contributed by atoms with E-state index in [1.54, 1.807) is 18.5 Å². The molecule has 1 aliphatic heterocycles. The van der Waals surface area contributed by atoms with Crippen LogP contribution >= 0.6 is 0 Å². The maximum absolute atomic E-state index is 13.0. The molecule has 0 radical (unpaired) electrons. The Kier molecular flexibility index (Phi) is 6.04. The third-order valence-corrected chi connectivity index (χ3v) is 4.15. The van der Waals surface area contributed by atoms with Crippen molar-refractivity contribution in [3.8, 4) is 5.75 Å². The number of guanidine groups is 1. The molecule has 1 aliphatic rings. The lowest BCUT2D eigenvalue weighted by molar-refractivity contribution is 0.230. The molecular weight excluding hydrogens is 335 g/mol. The molecule has 8 heteroatoms. The summed E-state index contributed by atoms with van der Waals surface area (Å²) in [6.45, 7) is 6.03. The van der Waals surface area contributed by atoms with Crippen LogP contribution in [0.2, 0.25) is 0 Å². The fourth-order valence-corrected chi connectivity index (χ4v) is 2.87. The lowest BCUT2D eigenvalue weighted by Gasteiger charge is -2.25. The van der Waals surface area contributed by atoms with E-state index < -0.39 is 0 Å². The molecule has 0 amide bonds. The molecule has 0 bridgehead atoms. The van der Waals surface area contributed by atoms with E-state index >= 15 is 0 Å². The van der Waals surface area contributed by atoms with Gasteiger partial charge in [-0.3, -0.25) is 0 Å². The van der Waals surface area contributed by atoms with E-state index in [0.29, 0.717) is 12.3 Å². The summed E-state index contributed by atoms with van der Waals surface area (Å²) >= 11 is 0. The van der Waals surface area contributed by atoms with Gasteiger partial charge < -0.3 is 15.4 Å². The number of aryl methyl sites for hydroxylation is 1. The smallest absolute Gasteiger partial charge is 0.191 e. The topological polar surface area (TPSA) is 76.4 Å². The number of aliphatic imine (C=N–C) groups is 1. The van der Waals surface area contributed by atoms with Crippen molar-refractivity contribution in [1.29, 1.82) is 0 Å². The number of benzene rings is 1. The molecule has 2 aromatic rings. The van der Waals surface area contributed by atoms with Gasteiger partial charge >= 0.3 is 0 Å². The minimum Gasteiger partial charge on any atom is -0.489 e. The highest BCUT2D eigenvalue weighted by molar-refractivity contribution is 5.80. The number of hydrogen-bond donors (Lipinski definition) is 2. The zero-order chi connectivity index (χ0) is 18.4. The number of halogens is 1. The molecule has 2 heterocycles. The van der Waals surface area contributed by atoms with Gasteiger partial charge in [0.05, 0.1) is 13.1 Å². The Morgan fingerprint density at radius 1 is 1.42 bits per heavy atom. The second kappa shape index (κ2) is 8.64. The van der Waals surface area contributed by atoms with Crippen molar-refractivity contribution in [1.82, 2.24) is 25.4 Å². The van der Waals surface area contributed by atoms with Gasteiger partial charge in [-0.2, -0.15) is 5.10 Å². The fraction of sp³-hybridized carbons (Fsp3) is 0.500. The summed E-state index contributed by atoms with van der Waals surface area (Å²) in [5, 5.41) is 11.0. The lowest BCUT2D eigenvalue weighted by Crippen LogP contribution is -2.47. The van der Waals surface area contributed by atoms with Crippen LogP contribution in [-0.2, 0) is 13.0 Å². The molecule has 26 heavy (non-hydrogen) atoms. The number of fused-ring (bicyclic) bond motifs is 1. The van der Waals surface area contributed by atoms with Crippen LogP contribution in [-0.4, -0.2) is 46.0 Å². The monoisotopic (exact) mass is 360 g/mol. The molecule has 0 spiro atoms. The van der Waals surface area contributed by atoms with E-state index in [0.717, 1.165) is 37.7 Å². The first-order valence-corrected chi connectivity index (χ1v) is 8.97. The van der Waals surface area contributed by atoms with E-state index in [4.69, 9.17) is 4.74 Å². The van der Waals surface area contributed by atoms with Crippen LogP contribution in [0.15, 0.2) is 35.6 Å². The third-order valence-electron chi connectivity index (χ3n) is 4.15. The van der Waals surface area contributed by atoms with Crippen molar-refractivity contribution in [2.45, 2.75) is 45.4 Å². The minimum absolute atomic E-state index is 0.121. The van der Waals surface area contributed by atoms with Crippen LogP contribution in [0.1, 0.15) is 26.1 Å². The summed E-state index contributed by atoms with van der Waals surface area (Å²) in [5.74, 6) is 2.16. The molecule has 7 nitrogen and oxygen atoms in total. The molecule has 2 atom stereocenters. The molecule has 1 aromatic carbocycles. The van der Waals surface area contributed by atoms with Crippen molar-refractivity contribution in [2.24, 2.45) is 4.99 Å². The summed E-state index contributed by atoms with van der Waals surface area (Å²) in [5.41, 5.74) is 0. The number of rotatable bonds is 6. The molecule has 3 rings (SSSR count). The van der Waals surface area contributed by atoms with E-state index in [2.05, 4.69) is 25.7 Å². The van der Waals surface area contributed by atoms with Crippen LogP contribution in [0.4, 0.5) is 4.39 Å². The highest BCUT2D eigenvalue weighted by Crippen LogP contribution is 2.13. The molecule has 0 saturated carbocycles. The zero-order valence-corrected chi connectivity index (χ0v) is 15.2. The van der Waals surface area contributed by atoms with Gasteiger partial charge in [0.25, 0.3) is 0 Å². The Hall–Kier alpha value is -2.64. The number of nitrogens with one attached hydrogen (secondary N) is 2. The first-order chi connectivity index (χ1) is 12.6. The summed E-state index contributed by atoms with van der Waals surface area (Å²) in [6, 6.07) is 6.28. The zero-order valence-electron chi connectivity index (χ0n) is 15.2. The third kappa shape index (κ3) is 4.93. The van der Waals surface area contributed by atoms with Gasteiger partial charge in [-0.1, -0.05) is 0 Å². The molecule has 0 aliphatic carbocycles. The van der Waals surface area contributed by atoms with E-state index in [1.165, 1.54) is 12.1 Å². The van der Waals surface area contributed by atoms with E-state index in [9.17, 15) is 4.39 Å². The average molecular weight is 360 g/mol. The van der Waals surface area contributed by atoms with Crippen molar-refractivity contribution >= 4 is 5.96 Å². The quantitative estimate of drug-likeness (QED) is 0.606. The predicted octanol–water partition coefficient (Wildman–Crippen LogP) is 1.75. The number of hydrogen-bond acceptors (Lipinski definition) is 4. The Morgan fingerprint density at radius 3 is 3.00 bits per heavy atom. The van der Waals surface area contributed by atoms with E-state index in [-0.39, 0.29) is 18.0 Å². The van der Waals surface area contributed by atoms with Gasteiger partial charge in [-0.05, 0) is 44.5 Å². The summed E-state index contributed by atoms with van der Waals surface area (Å²) in [7, 11) is 0. The minimum atomic E-state index is -0.273. The molecule has 2 N–H and O–H groups in total. The van der Waals surface area contributed by atoms with Crippen LogP contribution < -0.4 is 15.4 Å². The Morgan fingerprint density at radius 2 is 2.23 bits per heavy atom. The highest BCUT2D eigenvalue weighted by Gasteiger charge is 2.20. The Balaban J connectivity index is 1.54. The first-order valence-electron chi connectivity index (χ1n) is 8.97. The lowest BCUT2D eigenvalue weighted by atomic mass is 10.1. The van der Waals surface area contributed by atoms with Crippen LogP contribution in [0.5, 0.6) is 5.75 Å². The SMILES string of the molecule is CCNC(=NCC(C)Oc1ccc(F)cc1)NC1CCc2ncnn2C1. The van der Waals surface area contributed by atoms with Crippen molar-refractivity contribution < 1.29 is 9.13 Å². The molecule has 2 unspecified atom stereocenters. The number of aromatic nitrogens is 3. The van der Waals surface area contributed by atoms with Crippen molar-refractivity contribution in [3.05, 3.63) is 42.2 Å². The second-order valence-electron chi connectivity index (χ2n) is 6.34. The van der Waals surface area contributed by atoms with Crippen LogP contribution in [0, 0.1) is 5.82 Å². The Labute approximate surface area is 152 Å². The number of ether oxygens (including phenoxy) is 1. The largest absolute Gasteiger partial charge is 0.489 e. The highest BCUT2D eigenvalue weighted by atomic mass is 19.1. The summed E-state index contributed by atoms with van der Waals surface area (Å²) in [6.07, 6.45) is 3.38. The first kappa shape index (κ1) is 18.2. The number of nitrogens with zero attached hydrogens (tertiary/aromatic N) is 4. The molecular formula is C18H25FN6O. The predicted molar refractivity (Wildman–Crippen MR) is 97.7 cm³/mol. The standard InChI is InChI=1S/C18H25FN6O/c1-3-20-18(24-15-6-9-17-22-12-23-25(17)11-15)21-10-13(2)26-16-7-4-14(19)5-8-16/h4-5,7-8,12-13,15H,3,6,9-11H2,1-2H3,(H2,20,21,24). The summed E-state index contributed by atoms with van der Waals surface area (Å²) in [4.78, 5) is 8.86. The normalized spacial score (nSPS) is 18.1. The Bertz CT molecular complexity index is 730. The van der Waals surface area contributed by atoms with E-state index in [1.807, 2.05) is 18.5 Å².